The minimum absolute atomic E-state index is 0.0440. The van der Waals surface area contributed by atoms with Crippen LogP contribution in [0.2, 0.25) is 5.15 Å². The van der Waals surface area contributed by atoms with Crippen molar-refractivity contribution in [1.29, 1.82) is 0 Å². The van der Waals surface area contributed by atoms with Gasteiger partial charge in [-0.15, -0.1) is 0 Å². The fourth-order valence-electron chi connectivity index (χ4n) is 3.12. The molecule has 1 fully saturated rings. The Morgan fingerprint density at radius 2 is 2.07 bits per heavy atom. The normalized spacial score (nSPS) is 18.6. The standard InChI is InChI=1S/C20H23ClN2O4S/c1-3-11-27-17-6-4-15(5-7-17)19(24)9-8-18-14(2)22-23(20(18)21)16-10-12-28(25,26)13-16/h4-9,16H,3,10-13H2,1-2H3/b9-8+/t16-/m1/s1. The minimum atomic E-state index is -3.04. The first-order chi connectivity index (χ1) is 13.3. The molecule has 0 radical (unpaired) electrons. The zero-order valence-corrected chi connectivity index (χ0v) is 17.5. The first kappa shape index (κ1) is 20.6. The molecule has 0 aliphatic carbocycles. The van der Waals surface area contributed by atoms with Gasteiger partial charge in [0, 0.05) is 11.1 Å². The summed E-state index contributed by atoms with van der Waals surface area (Å²) in [4.78, 5) is 12.4. The fourth-order valence-corrected chi connectivity index (χ4v) is 5.19. The maximum Gasteiger partial charge on any atom is 0.185 e. The molecule has 0 N–H and O–H groups in total. The van der Waals surface area contributed by atoms with E-state index in [0.717, 1.165) is 12.2 Å². The average Bonchev–Trinajstić information content (AvgIpc) is 3.17. The van der Waals surface area contributed by atoms with Crippen LogP contribution < -0.4 is 4.74 Å². The van der Waals surface area contributed by atoms with E-state index in [4.69, 9.17) is 16.3 Å². The van der Waals surface area contributed by atoms with Gasteiger partial charge in [0.1, 0.15) is 10.9 Å². The van der Waals surface area contributed by atoms with Gasteiger partial charge in [0.15, 0.2) is 15.6 Å². The summed E-state index contributed by atoms with van der Waals surface area (Å²) < 4.78 is 30.5. The van der Waals surface area contributed by atoms with Crippen LogP contribution in [0.3, 0.4) is 0 Å². The summed E-state index contributed by atoms with van der Waals surface area (Å²) in [7, 11) is -3.04. The molecule has 28 heavy (non-hydrogen) atoms. The summed E-state index contributed by atoms with van der Waals surface area (Å²) in [5.41, 5.74) is 1.83. The number of benzene rings is 1. The Morgan fingerprint density at radius 1 is 1.36 bits per heavy atom. The maximum absolute atomic E-state index is 12.4. The molecule has 1 aromatic heterocycles. The summed E-state index contributed by atoms with van der Waals surface area (Å²) >= 11 is 6.43. The van der Waals surface area contributed by atoms with Crippen LogP contribution in [0, 0.1) is 6.92 Å². The van der Waals surface area contributed by atoms with Crippen LogP contribution in [0.5, 0.6) is 5.75 Å². The summed E-state index contributed by atoms with van der Waals surface area (Å²) in [6.45, 7) is 4.46. The van der Waals surface area contributed by atoms with Gasteiger partial charge in [-0.05, 0) is 56.2 Å². The molecular formula is C20H23ClN2O4S. The second-order valence-electron chi connectivity index (χ2n) is 6.86. The van der Waals surface area contributed by atoms with E-state index < -0.39 is 9.84 Å². The second kappa shape index (κ2) is 8.49. The van der Waals surface area contributed by atoms with Crippen molar-refractivity contribution in [3.63, 3.8) is 0 Å². The molecule has 1 aliphatic heterocycles. The lowest BCUT2D eigenvalue weighted by atomic mass is 10.1. The first-order valence-electron chi connectivity index (χ1n) is 9.21. The highest BCUT2D eigenvalue weighted by Gasteiger charge is 2.31. The Balaban J connectivity index is 1.74. The van der Waals surface area contributed by atoms with Gasteiger partial charge in [0.05, 0.1) is 29.8 Å². The highest BCUT2D eigenvalue weighted by Crippen LogP contribution is 2.30. The predicted molar refractivity (Wildman–Crippen MR) is 110 cm³/mol. The molecule has 1 atom stereocenters. The number of carbonyl (C=O) groups is 1. The van der Waals surface area contributed by atoms with Crippen molar-refractivity contribution in [1.82, 2.24) is 9.78 Å². The minimum Gasteiger partial charge on any atom is -0.494 e. The van der Waals surface area contributed by atoms with Crippen molar-refractivity contribution >= 4 is 33.3 Å². The zero-order valence-electron chi connectivity index (χ0n) is 15.9. The van der Waals surface area contributed by atoms with Gasteiger partial charge in [-0.25, -0.2) is 13.1 Å². The smallest absolute Gasteiger partial charge is 0.185 e. The number of allylic oxidation sites excluding steroid dienone is 1. The van der Waals surface area contributed by atoms with E-state index in [0.29, 0.717) is 35.0 Å². The lowest BCUT2D eigenvalue weighted by Gasteiger charge is -2.09. The van der Waals surface area contributed by atoms with Crippen molar-refractivity contribution in [3.8, 4) is 5.75 Å². The molecule has 1 aliphatic rings. The Labute approximate surface area is 170 Å². The molecule has 0 saturated carbocycles. The zero-order chi connectivity index (χ0) is 20.3. The van der Waals surface area contributed by atoms with Crippen LogP contribution in [-0.2, 0) is 9.84 Å². The highest BCUT2D eigenvalue weighted by atomic mass is 35.5. The number of halogens is 1. The number of hydrogen-bond donors (Lipinski definition) is 0. The summed E-state index contributed by atoms with van der Waals surface area (Å²) in [6, 6.07) is 6.73. The maximum atomic E-state index is 12.4. The monoisotopic (exact) mass is 422 g/mol. The number of aryl methyl sites for hydroxylation is 1. The highest BCUT2D eigenvalue weighted by molar-refractivity contribution is 7.91. The topological polar surface area (TPSA) is 78.3 Å². The third-order valence-corrected chi connectivity index (χ3v) is 6.77. The van der Waals surface area contributed by atoms with Gasteiger partial charge in [-0.3, -0.25) is 4.79 Å². The van der Waals surface area contributed by atoms with Crippen LogP contribution in [0.15, 0.2) is 30.3 Å². The van der Waals surface area contributed by atoms with Crippen molar-refractivity contribution in [2.45, 2.75) is 32.7 Å². The molecule has 0 bridgehead atoms. The molecule has 1 saturated heterocycles. The Morgan fingerprint density at radius 3 is 2.68 bits per heavy atom. The molecule has 6 nitrogen and oxygen atoms in total. The number of ketones is 1. The number of hydrogen-bond acceptors (Lipinski definition) is 5. The summed E-state index contributed by atoms with van der Waals surface area (Å²) in [6.07, 6.45) is 4.50. The fraction of sp³-hybridized carbons (Fsp3) is 0.400. The van der Waals surface area contributed by atoms with Crippen molar-refractivity contribution < 1.29 is 17.9 Å². The molecule has 1 aromatic carbocycles. The van der Waals surface area contributed by atoms with Crippen molar-refractivity contribution in [2.24, 2.45) is 0 Å². The Kier molecular flexibility index (Phi) is 6.25. The van der Waals surface area contributed by atoms with E-state index in [1.807, 2.05) is 6.92 Å². The van der Waals surface area contributed by atoms with E-state index in [1.54, 1.807) is 41.9 Å². The number of nitrogens with zero attached hydrogens (tertiary/aromatic N) is 2. The van der Waals surface area contributed by atoms with Crippen molar-refractivity contribution in [2.75, 3.05) is 18.1 Å². The lowest BCUT2D eigenvalue weighted by molar-refractivity contribution is 0.104. The van der Waals surface area contributed by atoms with Crippen LogP contribution in [-0.4, -0.2) is 42.1 Å². The van der Waals surface area contributed by atoms with Gasteiger partial charge in [-0.2, -0.15) is 5.10 Å². The number of sulfone groups is 1. The largest absolute Gasteiger partial charge is 0.494 e. The first-order valence-corrected chi connectivity index (χ1v) is 11.4. The van der Waals surface area contributed by atoms with Gasteiger partial charge < -0.3 is 4.74 Å². The molecule has 2 aromatic rings. The van der Waals surface area contributed by atoms with E-state index >= 15 is 0 Å². The van der Waals surface area contributed by atoms with E-state index in [2.05, 4.69) is 5.10 Å². The van der Waals surface area contributed by atoms with Crippen LogP contribution in [0.4, 0.5) is 0 Å². The molecular weight excluding hydrogens is 400 g/mol. The summed E-state index contributed by atoms with van der Waals surface area (Å²) in [5.74, 6) is 0.763. The predicted octanol–water partition coefficient (Wildman–Crippen LogP) is 3.89. The van der Waals surface area contributed by atoms with Crippen molar-refractivity contribution in [3.05, 3.63) is 52.3 Å². The molecule has 150 valence electrons. The van der Waals surface area contributed by atoms with E-state index in [9.17, 15) is 13.2 Å². The van der Waals surface area contributed by atoms with Gasteiger partial charge in [0.2, 0.25) is 0 Å². The molecule has 0 unspecified atom stereocenters. The van der Waals surface area contributed by atoms with E-state index in [-0.39, 0.29) is 23.3 Å². The van der Waals surface area contributed by atoms with E-state index in [1.165, 1.54) is 6.08 Å². The summed E-state index contributed by atoms with van der Waals surface area (Å²) in [5, 5.41) is 4.74. The van der Waals surface area contributed by atoms with Gasteiger partial charge in [-0.1, -0.05) is 18.5 Å². The molecule has 2 heterocycles. The number of ether oxygens (including phenoxy) is 1. The Bertz CT molecular complexity index is 994. The molecule has 8 heteroatoms. The quantitative estimate of drug-likeness (QED) is 0.499. The van der Waals surface area contributed by atoms with Crippen LogP contribution in [0.25, 0.3) is 6.08 Å². The molecule has 0 amide bonds. The molecule has 0 spiro atoms. The number of rotatable bonds is 7. The number of carbonyl (C=O) groups excluding carboxylic acids is 1. The second-order valence-corrected chi connectivity index (χ2v) is 9.45. The average molecular weight is 423 g/mol. The van der Waals surface area contributed by atoms with Gasteiger partial charge in [0.25, 0.3) is 0 Å². The van der Waals surface area contributed by atoms with Crippen LogP contribution in [0.1, 0.15) is 47.4 Å². The Hall–Kier alpha value is -2.12. The van der Waals surface area contributed by atoms with Crippen LogP contribution >= 0.6 is 11.6 Å². The van der Waals surface area contributed by atoms with Gasteiger partial charge >= 0.3 is 0 Å². The third-order valence-electron chi connectivity index (χ3n) is 4.64. The number of aromatic nitrogens is 2. The SMILES string of the molecule is CCCOc1ccc(C(=O)/C=C/c2c(C)nn([C@@H]3CCS(=O)(=O)C3)c2Cl)cc1. The molecule has 3 rings (SSSR count). The lowest BCUT2D eigenvalue weighted by Crippen LogP contribution is -2.12. The third kappa shape index (κ3) is 4.64.